The summed E-state index contributed by atoms with van der Waals surface area (Å²) >= 11 is 6.35. The van der Waals surface area contributed by atoms with Crippen molar-refractivity contribution in [2.24, 2.45) is 5.10 Å². The number of rotatable bonds is 4. The van der Waals surface area contributed by atoms with Crippen LogP contribution in [-0.2, 0) is 4.79 Å². The first kappa shape index (κ1) is 17.3. The molecular formula is C19H13FN2OS2. The van der Waals surface area contributed by atoms with Crippen LogP contribution in [0.4, 0.5) is 4.39 Å². The van der Waals surface area contributed by atoms with E-state index < -0.39 is 5.82 Å². The zero-order valence-electron chi connectivity index (χ0n) is 13.0. The molecule has 6 heteroatoms. The van der Waals surface area contributed by atoms with Gasteiger partial charge in [-0.05, 0) is 29.9 Å². The summed E-state index contributed by atoms with van der Waals surface area (Å²) in [7, 11) is 0. The number of carbonyl (C=O) groups is 1. The Balaban J connectivity index is 1.73. The van der Waals surface area contributed by atoms with E-state index in [-0.39, 0.29) is 5.91 Å². The molecule has 25 heavy (non-hydrogen) atoms. The number of nitrogens with zero attached hydrogens (tertiary/aromatic N) is 2. The second-order valence-electron chi connectivity index (χ2n) is 5.05. The number of hydrogen-bond donors (Lipinski definition) is 0. The Labute approximate surface area is 154 Å². The monoisotopic (exact) mass is 368 g/mol. The maximum atomic E-state index is 13.6. The fourth-order valence-corrected chi connectivity index (χ4v) is 3.21. The fraction of sp³-hybridized carbons (Fsp3) is 0. The zero-order chi connectivity index (χ0) is 17.6. The lowest BCUT2D eigenvalue weighted by atomic mass is 10.2. The SMILES string of the molecule is O=C1/C(=C\C=C/c2ccccc2)SC(=S)N1/N=C/c1ccccc1F. The lowest BCUT2D eigenvalue weighted by molar-refractivity contribution is -0.122. The summed E-state index contributed by atoms with van der Waals surface area (Å²) in [6, 6.07) is 16.0. The molecule has 0 aliphatic carbocycles. The van der Waals surface area contributed by atoms with E-state index in [0.717, 1.165) is 10.6 Å². The lowest BCUT2D eigenvalue weighted by Gasteiger charge is -2.06. The van der Waals surface area contributed by atoms with Gasteiger partial charge in [-0.3, -0.25) is 4.79 Å². The molecule has 1 fully saturated rings. The molecule has 0 saturated carbocycles. The summed E-state index contributed by atoms with van der Waals surface area (Å²) in [5.41, 5.74) is 1.33. The van der Waals surface area contributed by atoms with Crippen LogP contribution in [0.2, 0.25) is 0 Å². The van der Waals surface area contributed by atoms with Crippen molar-refractivity contribution in [3.63, 3.8) is 0 Å². The minimum atomic E-state index is -0.405. The van der Waals surface area contributed by atoms with Crippen LogP contribution in [0, 0.1) is 5.82 Å². The standard InChI is InChI=1S/C19H13FN2OS2/c20-16-11-5-4-10-15(16)13-21-22-18(23)17(25-19(22)24)12-6-9-14-7-2-1-3-8-14/h1-13H/b9-6-,17-12+,21-13+. The van der Waals surface area contributed by atoms with Crippen molar-refractivity contribution in [2.75, 3.05) is 0 Å². The van der Waals surface area contributed by atoms with E-state index in [1.165, 1.54) is 24.0 Å². The minimum absolute atomic E-state index is 0.296. The van der Waals surface area contributed by atoms with Crippen molar-refractivity contribution < 1.29 is 9.18 Å². The molecule has 1 amide bonds. The van der Waals surface area contributed by atoms with E-state index in [1.54, 1.807) is 30.4 Å². The van der Waals surface area contributed by atoms with Gasteiger partial charge < -0.3 is 0 Å². The molecule has 1 aliphatic rings. The Morgan fingerprint density at radius 2 is 1.80 bits per heavy atom. The third kappa shape index (κ3) is 4.29. The van der Waals surface area contributed by atoms with Gasteiger partial charge in [-0.1, -0.05) is 72.4 Å². The third-order valence-electron chi connectivity index (χ3n) is 3.33. The quantitative estimate of drug-likeness (QED) is 0.449. The Kier molecular flexibility index (Phi) is 5.53. The molecule has 0 N–H and O–H groups in total. The zero-order valence-corrected chi connectivity index (χ0v) is 14.6. The molecule has 3 nitrogen and oxygen atoms in total. The molecule has 2 aromatic carbocycles. The molecule has 0 radical (unpaired) electrons. The first-order valence-corrected chi connectivity index (χ1v) is 8.66. The average Bonchev–Trinajstić information content (AvgIpc) is 2.89. The van der Waals surface area contributed by atoms with Gasteiger partial charge in [-0.25, -0.2) is 4.39 Å². The van der Waals surface area contributed by atoms with Crippen molar-refractivity contribution >= 4 is 46.5 Å². The van der Waals surface area contributed by atoms with E-state index in [0.29, 0.717) is 14.8 Å². The van der Waals surface area contributed by atoms with Crippen molar-refractivity contribution in [1.82, 2.24) is 5.01 Å². The molecular weight excluding hydrogens is 355 g/mol. The van der Waals surface area contributed by atoms with E-state index >= 15 is 0 Å². The number of carbonyl (C=O) groups excluding carboxylic acids is 1. The maximum Gasteiger partial charge on any atom is 0.286 e. The molecule has 0 spiro atoms. The molecule has 2 aromatic rings. The average molecular weight is 368 g/mol. The van der Waals surface area contributed by atoms with Gasteiger partial charge >= 0.3 is 0 Å². The minimum Gasteiger partial charge on any atom is -0.266 e. The highest BCUT2D eigenvalue weighted by Gasteiger charge is 2.31. The number of amides is 1. The van der Waals surface area contributed by atoms with Crippen molar-refractivity contribution in [1.29, 1.82) is 0 Å². The Morgan fingerprint density at radius 1 is 1.08 bits per heavy atom. The molecule has 0 aromatic heterocycles. The topological polar surface area (TPSA) is 32.7 Å². The Bertz CT molecular complexity index is 891. The van der Waals surface area contributed by atoms with Crippen LogP contribution in [0.5, 0.6) is 0 Å². The second kappa shape index (κ2) is 8.00. The van der Waals surface area contributed by atoms with Crippen LogP contribution in [0.1, 0.15) is 11.1 Å². The summed E-state index contributed by atoms with van der Waals surface area (Å²) in [6.45, 7) is 0. The molecule has 1 aliphatic heterocycles. The van der Waals surface area contributed by atoms with Gasteiger partial charge in [0.05, 0.1) is 11.1 Å². The number of halogens is 1. The number of hydrazone groups is 1. The molecule has 1 heterocycles. The van der Waals surface area contributed by atoms with Crippen LogP contribution >= 0.6 is 24.0 Å². The maximum absolute atomic E-state index is 13.6. The van der Waals surface area contributed by atoms with Gasteiger partial charge in [0.15, 0.2) is 4.32 Å². The van der Waals surface area contributed by atoms with Crippen molar-refractivity contribution in [3.8, 4) is 0 Å². The Hall–Kier alpha value is -2.57. The normalized spacial score (nSPS) is 16.7. The van der Waals surface area contributed by atoms with Gasteiger partial charge in [0.1, 0.15) is 5.82 Å². The molecule has 1 saturated heterocycles. The van der Waals surface area contributed by atoms with Gasteiger partial charge in [0.25, 0.3) is 5.91 Å². The third-order valence-corrected chi connectivity index (χ3v) is 4.63. The number of benzene rings is 2. The molecule has 0 bridgehead atoms. The van der Waals surface area contributed by atoms with Crippen LogP contribution < -0.4 is 0 Å². The summed E-state index contributed by atoms with van der Waals surface area (Å²) < 4.78 is 13.9. The summed E-state index contributed by atoms with van der Waals surface area (Å²) in [5, 5.41) is 5.13. The van der Waals surface area contributed by atoms with Crippen molar-refractivity contribution in [3.05, 3.63) is 88.6 Å². The van der Waals surface area contributed by atoms with Gasteiger partial charge in [-0.15, -0.1) is 0 Å². The Morgan fingerprint density at radius 3 is 2.56 bits per heavy atom. The lowest BCUT2D eigenvalue weighted by Crippen LogP contribution is -2.22. The highest BCUT2D eigenvalue weighted by atomic mass is 32.2. The van der Waals surface area contributed by atoms with Crippen LogP contribution in [0.15, 0.2) is 76.8 Å². The smallest absolute Gasteiger partial charge is 0.266 e. The predicted molar refractivity (Wildman–Crippen MR) is 105 cm³/mol. The predicted octanol–water partition coefficient (Wildman–Crippen LogP) is 4.62. The van der Waals surface area contributed by atoms with Gasteiger partial charge in [-0.2, -0.15) is 10.1 Å². The number of hydrogen-bond acceptors (Lipinski definition) is 4. The highest BCUT2D eigenvalue weighted by Crippen LogP contribution is 2.31. The summed E-state index contributed by atoms with van der Waals surface area (Å²) in [4.78, 5) is 12.8. The van der Waals surface area contributed by atoms with E-state index in [2.05, 4.69) is 5.10 Å². The highest BCUT2D eigenvalue weighted by molar-refractivity contribution is 8.26. The van der Waals surface area contributed by atoms with Gasteiger partial charge in [0, 0.05) is 5.56 Å². The largest absolute Gasteiger partial charge is 0.286 e. The van der Waals surface area contributed by atoms with Gasteiger partial charge in [0.2, 0.25) is 0 Å². The van der Waals surface area contributed by atoms with Crippen LogP contribution in [0.3, 0.4) is 0 Å². The molecule has 0 atom stereocenters. The second-order valence-corrected chi connectivity index (χ2v) is 6.73. The fourth-order valence-electron chi connectivity index (χ4n) is 2.08. The first-order chi connectivity index (χ1) is 12.1. The van der Waals surface area contributed by atoms with E-state index in [1.807, 2.05) is 36.4 Å². The molecule has 0 unspecified atom stereocenters. The number of allylic oxidation sites excluding steroid dienone is 2. The van der Waals surface area contributed by atoms with Crippen molar-refractivity contribution in [2.45, 2.75) is 0 Å². The first-order valence-electron chi connectivity index (χ1n) is 7.43. The number of thioether (sulfide) groups is 1. The van der Waals surface area contributed by atoms with E-state index in [4.69, 9.17) is 12.2 Å². The van der Waals surface area contributed by atoms with Crippen LogP contribution in [-0.4, -0.2) is 21.5 Å². The van der Waals surface area contributed by atoms with Crippen LogP contribution in [0.25, 0.3) is 6.08 Å². The molecule has 3 rings (SSSR count). The summed E-state index contributed by atoms with van der Waals surface area (Å²) in [5.74, 6) is -0.724. The van der Waals surface area contributed by atoms with E-state index in [9.17, 15) is 9.18 Å². The summed E-state index contributed by atoms with van der Waals surface area (Å²) in [6.07, 6.45) is 6.69. The molecule has 124 valence electrons. The number of thiocarbonyl (C=S) groups is 1.